The van der Waals surface area contributed by atoms with Gasteiger partial charge >= 0.3 is 0 Å². The van der Waals surface area contributed by atoms with Gasteiger partial charge in [-0.2, -0.15) is 0 Å². The minimum atomic E-state index is 0.753. The lowest BCUT2D eigenvalue weighted by Crippen LogP contribution is -1.97. The third-order valence-corrected chi connectivity index (χ3v) is 4.25. The second-order valence-electron chi connectivity index (χ2n) is 4.65. The van der Waals surface area contributed by atoms with Gasteiger partial charge in [-0.05, 0) is 43.7 Å². The van der Waals surface area contributed by atoms with Gasteiger partial charge in [-0.15, -0.1) is 11.3 Å². The molecule has 3 aromatic rings. The molecule has 2 aromatic heterocycles. The number of rotatable bonds is 3. The molecule has 0 atom stereocenters. The van der Waals surface area contributed by atoms with Gasteiger partial charge in [-0.25, -0.2) is 9.97 Å². The zero-order valence-electron chi connectivity index (χ0n) is 11.5. The normalized spacial score (nSPS) is 10.9. The minimum absolute atomic E-state index is 0.753. The zero-order valence-corrected chi connectivity index (χ0v) is 12.3. The molecular weight excluding hydrogens is 268 g/mol. The monoisotopic (exact) mass is 284 g/mol. The van der Waals surface area contributed by atoms with Gasteiger partial charge in [0.05, 0.1) is 5.39 Å². The van der Waals surface area contributed by atoms with Crippen LogP contribution in [0.15, 0.2) is 30.3 Å². The maximum atomic E-state index is 5.70. The highest BCUT2D eigenvalue weighted by Gasteiger charge is 2.10. The van der Waals surface area contributed by atoms with Crippen LogP contribution in [0.4, 0.5) is 17.2 Å². The van der Waals surface area contributed by atoms with Gasteiger partial charge in [0.1, 0.15) is 16.5 Å². The van der Waals surface area contributed by atoms with Crippen LogP contribution in [0.2, 0.25) is 0 Å². The van der Waals surface area contributed by atoms with E-state index < -0.39 is 0 Å². The SMILES string of the molecule is CCc1cc2c(Nc3ccc(N)cc3)nc(C)nc2s1. The summed E-state index contributed by atoms with van der Waals surface area (Å²) in [5, 5.41) is 4.43. The third kappa shape index (κ3) is 2.44. The summed E-state index contributed by atoms with van der Waals surface area (Å²) in [6, 6.07) is 9.81. The number of aromatic nitrogens is 2. The molecular formula is C15H16N4S. The maximum Gasteiger partial charge on any atom is 0.142 e. The van der Waals surface area contributed by atoms with Crippen LogP contribution >= 0.6 is 11.3 Å². The van der Waals surface area contributed by atoms with E-state index in [0.717, 1.165) is 39.7 Å². The van der Waals surface area contributed by atoms with Crippen LogP contribution in [0.5, 0.6) is 0 Å². The van der Waals surface area contributed by atoms with Crippen LogP contribution in [-0.4, -0.2) is 9.97 Å². The molecule has 0 unspecified atom stereocenters. The summed E-state index contributed by atoms with van der Waals surface area (Å²) in [6.45, 7) is 4.07. The number of benzene rings is 1. The van der Waals surface area contributed by atoms with E-state index in [1.807, 2.05) is 31.2 Å². The molecule has 1 aromatic carbocycles. The molecule has 0 fully saturated rings. The molecule has 0 spiro atoms. The van der Waals surface area contributed by atoms with Crippen molar-refractivity contribution in [3.05, 3.63) is 41.0 Å². The fourth-order valence-corrected chi connectivity index (χ4v) is 3.06. The Hall–Kier alpha value is -2.14. The molecule has 0 aliphatic rings. The first kappa shape index (κ1) is 12.9. The van der Waals surface area contributed by atoms with E-state index in [4.69, 9.17) is 5.73 Å². The van der Waals surface area contributed by atoms with Crippen molar-refractivity contribution >= 4 is 38.7 Å². The number of hydrogen-bond donors (Lipinski definition) is 2. The molecule has 0 amide bonds. The predicted molar refractivity (Wildman–Crippen MR) is 85.7 cm³/mol. The lowest BCUT2D eigenvalue weighted by molar-refractivity contribution is 1.10. The summed E-state index contributed by atoms with van der Waals surface area (Å²) in [4.78, 5) is 11.4. The van der Waals surface area contributed by atoms with Gasteiger partial charge in [0, 0.05) is 16.3 Å². The number of nitrogens with one attached hydrogen (secondary N) is 1. The number of thiophene rings is 1. The summed E-state index contributed by atoms with van der Waals surface area (Å²) in [7, 11) is 0. The smallest absolute Gasteiger partial charge is 0.142 e. The predicted octanol–water partition coefficient (Wildman–Crippen LogP) is 3.89. The van der Waals surface area contributed by atoms with Crippen LogP contribution in [0.3, 0.4) is 0 Å². The first-order valence-electron chi connectivity index (χ1n) is 6.55. The van der Waals surface area contributed by atoms with Crippen LogP contribution in [-0.2, 0) is 6.42 Å². The van der Waals surface area contributed by atoms with Crippen molar-refractivity contribution in [1.29, 1.82) is 0 Å². The fourth-order valence-electron chi connectivity index (χ4n) is 2.05. The van der Waals surface area contributed by atoms with E-state index in [2.05, 4.69) is 28.3 Å². The van der Waals surface area contributed by atoms with Crippen LogP contribution in [0.25, 0.3) is 10.2 Å². The third-order valence-electron chi connectivity index (χ3n) is 3.08. The van der Waals surface area contributed by atoms with Crippen molar-refractivity contribution in [1.82, 2.24) is 9.97 Å². The van der Waals surface area contributed by atoms with Crippen molar-refractivity contribution < 1.29 is 0 Å². The summed E-state index contributed by atoms with van der Waals surface area (Å²) < 4.78 is 0. The van der Waals surface area contributed by atoms with Crippen molar-refractivity contribution in [2.45, 2.75) is 20.3 Å². The Kier molecular flexibility index (Phi) is 3.28. The molecule has 4 nitrogen and oxygen atoms in total. The Morgan fingerprint density at radius 1 is 1.20 bits per heavy atom. The number of nitrogens with two attached hydrogens (primary N) is 1. The van der Waals surface area contributed by atoms with Crippen molar-refractivity contribution in [3.8, 4) is 0 Å². The quantitative estimate of drug-likeness (QED) is 0.716. The van der Waals surface area contributed by atoms with E-state index in [1.165, 1.54) is 4.88 Å². The Morgan fingerprint density at radius 2 is 1.95 bits per heavy atom. The first-order chi connectivity index (χ1) is 9.65. The lowest BCUT2D eigenvalue weighted by Gasteiger charge is -2.07. The van der Waals surface area contributed by atoms with Gasteiger partial charge in [-0.1, -0.05) is 6.92 Å². The Morgan fingerprint density at radius 3 is 2.65 bits per heavy atom. The average Bonchev–Trinajstić information content (AvgIpc) is 2.84. The number of anilines is 3. The zero-order chi connectivity index (χ0) is 14.1. The highest BCUT2D eigenvalue weighted by Crippen LogP contribution is 2.31. The number of nitrogen functional groups attached to an aromatic ring is 1. The number of aryl methyl sites for hydroxylation is 2. The van der Waals surface area contributed by atoms with Gasteiger partial charge < -0.3 is 11.1 Å². The molecule has 0 radical (unpaired) electrons. The molecule has 3 rings (SSSR count). The molecule has 0 saturated carbocycles. The van der Waals surface area contributed by atoms with Crippen LogP contribution in [0.1, 0.15) is 17.6 Å². The summed E-state index contributed by atoms with van der Waals surface area (Å²) in [6.07, 6.45) is 1.02. The largest absolute Gasteiger partial charge is 0.399 e. The molecule has 3 N–H and O–H groups in total. The lowest BCUT2D eigenvalue weighted by atomic mass is 10.2. The Bertz CT molecular complexity index is 746. The first-order valence-corrected chi connectivity index (χ1v) is 7.37. The highest BCUT2D eigenvalue weighted by atomic mass is 32.1. The van der Waals surface area contributed by atoms with Crippen molar-refractivity contribution in [3.63, 3.8) is 0 Å². The molecule has 0 saturated heterocycles. The van der Waals surface area contributed by atoms with E-state index in [-0.39, 0.29) is 0 Å². The molecule has 0 aliphatic carbocycles. The minimum Gasteiger partial charge on any atom is -0.399 e. The Labute approximate surface area is 121 Å². The molecule has 0 bridgehead atoms. The van der Waals surface area contributed by atoms with E-state index in [9.17, 15) is 0 Å². The Balaban J connectivity index is 2.05. The average molecular weight is 284 g/mol. The van der Waals surface area contributed by atoms with Gasteiger partial charge in [0.25, 0.3) is 0 Å². The topological polar surface area (TPSA) is 63.8 Å². The molecule has 102 valence electrons. The second-order valence-corrected chi connectivity index (χ2v) is 5.77. The summed E-state index contributed by atoms with van der Waals surface area (Å²) in [5.41, 5.74) is 7.43. The van der Waals surface area contributed by atoms with Crippen LogP contribution in [0, 0.1) is 6.92 Å². The molecule has 0 aliphatic heterocycles. The van der Waals surface area contributed by atoms with E-state index in [0.29, 0.717) is 0 Å². The van der Waals surface area contributed by atoms with Crippen molar-refractivity contribution in [2.75, 3.05) is 11.1 Å². The fraction of sp³-hybridized carbons (Fsp3) is 0.200. The standard InChI is InChI=1S/C15H16N4S/c1-3-12-8-13-14(17-9(2)18-15(13)20-12)19-11-6-4-10(16)5-7-11/h4-8H,3,16H2,1-2H3,(H,17,18,19). The van der Waals surface area contributed by atoms with Gasteiger partial charge in [-0.3, -0.25) is 0 Å². The molecule has 5 heteroatoms. The van der Waals surface area contributed by atoms with E-state index >= 15 is 0 Å². The summed E-state index contributed by atoms with van der Waals surface area (Å²) in [5.74, 6) is 1.63. The molecule has 20 heavy (non-hydrogen) atoms. The molecule has 2 heterocycles. The van der Waals surface area contributed by atoms with E-state index in [1.54, 1.807) is 11.3 Å². The second kappa shape index (κ2) is 5.09. The number of hydrogen-bond acceptors (Lipinski definition) is 5. The van der Waals surface area contributed by atoms with Crippen LogP contribution < -0.4 is 11.1 Å². The van der Waals surface area contributed by atoms with Gasteiger partial charge in [0.2, 0.25) is 0 Å². The number of nitrogens with zero attached hydrogens (tertiary/aromatic N) is 2. The maximum absolute atomic E-state index is 5.70. The van der Waals surface area contributed by atoms with Crippen molar-refractivity contribution in [2.24, 2.45) is 0 Å². The van der Waals surface area contributed by atoms with Gasteiger partial charge in [0.15, 0.2) is 0 Å². The highest BCUT2D eigenvalue weighted by molar-refractivity contribution is 7.18. The number of fused-ring (bicyclic) bond motifs is 1. The summed E-state index contributed by atoms with van der Waals surface area (Å²) >= 11 is 1.73.